The van der Waals surface area contributed by atoms with E-state index in [9.17, 15) is 4.79 Å². The highest BCUT2D eigenvalue weighted by molar-refractivity contribution is 6.30. The molecule has 7 heteroatoms. The Kier molecular flexibility index (Phi) is 5.53. The first-order valence-corrected chi connectivity index (χ1v) is 9.10. The Morgan fingerprint density at radius 2 is 1.88 bits per heavy atom. The molecule has 0 aliphatic carbocycles. The molecule has 0 saturated carbocycles. The highest BCUT2D eigenvalue weighted by Crippen LogP contribution is 2.23. The van der Waals surface area contributed by atoms with Gasteiger partial charge in [-0.15, -0.1) is 0 Å². The fourth-order valence-corrected chi connectivity index (χ4v) is 3.17. The second-order valence-corrected chi connectivity index (χ2v) is 7.51. The molecule has 0 atom stereocenters. The van der Waals surface area contributed by atoms with Gasteiger partial charge in [0.25, 0.3) is 5.91 Å². The van der Waals surface area contributed by atoms with E-state index in [1.54, 1.807) is 38.1 Å². The molecule has 0 N–H and O–H groups in total. The van der Waals surface area contributed by atoms with Crippen LogP contribution >= 0.6 is 11.6 Å². The standard InChI is InChI=1S/C19H24ClN3O3/c1-14-12-17(26-21-14)13-22-8-10-23(11-9-22)18(24)19(2,3)25-16-6-4-15(20)5-7-16/h4-7,12H,8-11,13H2,1-3H3. The number of piperazine rings is 1. The van der Waals surface area contributed by atoms with E-state index >= 15 is 0 Å². The maximum Gasteiger partial charge on any atom is 0.266 e. The number of carbonyl (C=O) groups excluding carboxylic acids is 1. The molecule has 1 aliphatic rings. The summed E-state index contributed by atoms with van der Waals surface area (Å²) in [6.07, 6.45) is 0. The van der Waals surface area contributed by atoms with Gasteiger partial charge in [0.15, 0.2) is 11.4 Å². The minimum absolute atomic E-state index is 0.0115. The highest BCUT2D eigenvalue weighted by Gasteiger charge is 2.35. The Balaban J connectivity index is 1.54. The summed E-state index contributed by atoms with van der Waals surface area (Å²) in [5.41, 5.74) is -0.0483. The third kappa shape index (κ3) is 4.56. The van der Waals surface area contributed by atoms with E-state index in [1.807, 2.05) is 17.9 Å². The summed E-state index contributed by atoms with van der Waals surface area (Å²) in [5, 5.41) is 4.55. The largest absolute Gasteiger partial charge is 0.478 e. The van der Waals surface area contributed by atoms with Gasteiger partial charge in [0.05, 0.1) is 12.2 Å². The number of benzene rings is 1. The molecule has 0 unspecified atom stereocenters. The predicted molar refractivity (Wildman–Crippen MR) is 99.3 cm³/mol. The van der Waals surface area contributed by atoms with E-state index < -0.39 is 5.60 Å². The number of ether oxygens (including phenoxy) is 1. The molecule has 0 radical (unpaired) electrons. The Bertz CT molecular complexity index is 750. The van der Waals surface area contributed by atoms with Gasteiger partial charge in [0.1, 0.15) is 5.75 Å². The molecule has 0 spiro atoms. The SMILES string of the molecule is Cc1cc(CN2CCN(C(=O)C(C)(C)Oc3ccc(Cl)cc3)CC2)on1. The van der Waals surface area contributed by atoms with E-state index in [4.69, 9.17) is 20.9 Å². The van der Waals surface area contributed by atoms with Crippen LogP contribution in [0, 0.1) is 6.92 Å². The van der Waals surface area contributed by atoms with Crippen LogP contribution in [0.5, 0.6) is 5.75 Å². The van der Waals surface area contributed by atoms with E-state index in [0.717, 1.165) is 24.5 Å². The quantitative estimate of drug-likeness (QED) is 0.801. The third-order valence-electron chi connectivity index (χ3n) is 4.42. The van der Waals surface area contributed by atoms with Gasteiger partial charge in [-0.1, -0.05) is 16.8 Å². The molecule has 140 valence electrons. The van der Waals surface area contributed by atoms with Gasteiger partial charge in [-0.25, -0.2) is 0 Å². The Labute approximate surface area is 158 Å². The van der Waals surface area contributed by atoms with Gasteiger partial charge in [0.2, 0.25) is 0 Å². The summed E-state index contributed by atoms with van der Waals surface area (Å²) in [6, 6.07) is 8.99. The molecule has 1 saturated heterocycles. The zero-order chi connectivity index (χ0) is 18.7. The first-order valence-electron chi connectivity index (χ1n) is 8.72. The van der Waals surface area contributed by atoms with Crippen molar-refractivity contribution < 1.29 is 14.1 Å². The lowest BCUT2D eigenvalue weighted by atomic mass is 10.1. The molecular formula is C19H24ClN3O3. The van der Waals surface area contributed by atoms with Crippen molar-refractivity contribution in [2.24, 2.45) is 0 Å². The summed E-state index contributed by atoms with van der Waals surface area (Å²) in [6.45, 7) is 9.14. The lowest BCUT2D eigenvalue weighted by Crippen LogP contribution is -2.55. The van der Waals surface area contributed by atoms with E-state index in [2.05, 4.69) is 10.1 Å². The van der Waals surface area contributed by atoms with Crippen LogP contribution in [-0.2, 0) is 11.3 Å². The maximum absolute atomic E-state index is 12.9. The van der Waals surface area contributed by atoms with E-state index in [0.29, 0.717) is 30.4 Å². The molecule has 1 amide bonds. The molecule has 2 aromatic rings. The smallest absolute Gasteiger partial charge is 0.266 e. The zero-order valence-electron chi connectivity index (χ0n) is 15.4. The van der Waals surface area contributed by atoms with E-state index in [-0.39, 0.29) is 5.91 Å². The summed E-state index contributed by atoms with van der Waals surface area (Å²) < 4.78 is 11.2. The maximum atomic E-state index is 12.9. The monoisotopic (exact) mass is 377 g/mol. The first kappa shape index (κ1) is 18.7. The number of hydrogen-bond acceptors (Lipinski definition) is 5. The lowest BCUT2D eigenvalue weighted by Gasteiger charge is -2.38. The number of aryl methyl sites for hydroxylation is 1. The summed E-state index contributed by atoms with van der Waals surface area (Å²) in [4.78, 5) is 17.0. The van der Waals surface area contributed by atoms with Crippen LogP contribution in [0.15, 0.2) is 34.9 Å². The molecule has 2 heterocycles. The number of carbonyl (C=O) groups is 1. The average Bonchev–Trinajstić information content (AvgIpc) is 3.02. The van der Waals surface area contributed by atoms with Crippen molar-refractivity contribution >= 4 is 17.5 Å². The van der Waals surface area contributed by atoms with Gasteiger partial charge < -0.3 is 14.2 Å². The molecule has 1 fully saturated rings. The normalized spacial score (nSPS) is 15.9. The number of amides is 1. The van der Waals surface area contributed by atoms with Crippen molar-refractivity contribution in [1.29, 1.82) is 0 Å². The number of hydrogen-bond donors (Lipinski definition) is 0. The Morgan fingerprint density at radius 3 is 2.46 bits per heavy atom. The van der Waals surface area contributed by atoms with Crippen LogP contribution in [0.4, 0.5) is 0 Å². The van der Waals surface area contributed by atoms with Crippen molar-refractivity contribution in [3.8, 4) is 5.75 Å². The van der Waals surface area contributed by atoms with Crippen LogP contribution in [0.1, 0.15) is 25.3 Å². The second-order valence-electron chi connectivity index (χ2n) is 7.07. The predicted octanol–water partition coefficient (Wildman–Crippen LogP) is 3.14. The zero-order valence-corrected chi connectivity index (χ0v) is 16.1. The molecule has 6 nitrogen and oxygen atoms in total. The van der Waals surface area contributed by atoms with Crippen molar-refractivity contribution in [2.45, 2.75) is 32.9 Å². The topological polar surface area (TPSA) is 58.8 Å². The van der Waals surface area contributed by atoms with Crippen LogP contribution in [0.3, 0.4) is 0 Å². The van der Waals surface area contributed by atoms with Gasteiger partial charge >= 0.3 is 0 Å². The van der Waals surface area contributed by atoms with Crippen LogP contribution in [-0.4, -0.2) is 52.6 Å². The van der Waals surface area contributed by atoms with Crippen molar-refractivity contribution in [1.82, 2.24) is 15.0 Å². The molecule has 0 bridgehead atoms. The molecule has 3 rings (SSSR count). The Morgan fingerprint density at radius 1 is 1.23 bits per heavy atom. The highest BCUT2D eigenvalue weighted by atomic mass is 35.5. The minimum Gasteiger partial charge on any atom is -0.478 e. The summed E-state index contributed by atoms with van der Waals surface area (Å²) >= 11 is 5.89. The number of halogens is 1. The second kappa shape index (κ2) is 7.68. The summed E-state index contributed by atoms with van der Waals surface area (Å²) in [5.74, 6) is 1.48. The van der Waals surface area contributed by atoms with Gasteiger partial charge in [-0.05, 0) is 45.0 Å². The first-order chi connectivity index (χ1) is 12.3. The van der Waals surface area contributed by atoms with Crippen LogP contribution in [0.2, 0.25) is 5.02 Å². The molecule has 1 aromatic heterocycles. The van der Waals surface area contributed by atoms with Crippen LogP contribution < -0.4 is 4.74 Å². The van der Waals surface area contributed by atoms with Crippen molar-refractivity contribution in [3.63, 3.8) is 0 Å². The van der Waals surface area contributed by atoms with Gasteiger partial charge in [-0.3, -0.25) is 9.69 Å². The lowest BCUT2D eigenvalue weighted by molar-refractivity contribution is -0.147. The third-order valence-corrected chi connectivity index (χ3v) is 4.67. The Hall–Kier alpha value is -2.05. The number of rotatable bonds is 5. The van der Waals surface area contributed by atoms with Crippen LogP contribution in [0.25, 0.3) is 0 Å². The number of nitrogens with zero attached hydrogens (tertiary/aromatic N) is 3. The van der Waals surface area contributed by atoms with Gasteiger partial charge in [-0.2, -0.15) is 0 Å². The van der Waals surface area contributed by atoms with Crippen molar-refractivity contribution in [2.75, 3.05) is 26.2 Å². The van der Waals surface area contributed by atoms with E-state index in [1.165, 1.54) is 0 Å². The molecule has 1 aliphatic heterocycles. The van der Waals surface area contributed by atoms with Gasteiger partial charge in [0, 0.05) is 37.3 Å². The van der Waals surface area contributed by atoms with Crippen molar-refractivity contribution in [3.05, 3.63) is 46.8 Å². The fraction of sp³-hybridized carbons (Fsp3) is 0.474. The number of aromatic nitrogens is 1. The average molecular weight is 378 g/mol. The molecule has 26 heavy (non-hydrogen) atoms. The summed E-state index contributed by atoms with van der Waals surface area (Å²) in [7, 11) is 0. The molecular weight excluding hydrogens is 354 g/mol. The fourth-order valence-electron chi connectivity index (χ4n) is 3.04. The molecule has 1 aromatic carbocycles. The minimum atomic E-state index is -0.932.